The molecule has 0 unspecified atom stereocenters. The van der Waals surface area contributed by atoms with Gasteiger partial charge in [-0.15, -0.1) is 0 Å². The molecule has 3 rings (SSSR count). The highest BCUT2D eigenvalue weighted by Gasteiger charge is 2.14. The maximum absolute atomic E-state index is 12.1. The maximum Gasteiger partial charge on any atom is 0.407 e. The van der Waals surface area contributed by atoms with Crippen LogP contribution in [0.4, 0.5) is 16.2 Å². The summed E-state index contributed by atoms with van der Waals surface area (Å²) in [5.41, 5.74) is 2.80. The topological polar surface area (TPSA) is 79.5 Å². The highest BCUT2D eigenvalue weighted by molar-refractivity contribution is 5.90. The molecule has 1 saturated carbocycles. The van der Waals surface area contributed by atoms with E-state index in [0.29, 0.717) is 19.4 Å². The van der Waals surface area contributed by atoms with Crippen molar-refractivity contribution >= 4 is 23.4 Å². The van der Waals surface area contributed by atoms with Crippen molar-refractivity contribution in [3.05, 3.63) is 60.2 Å². The maximum atomic E-state index is 12.1. The van der Waals surface area contributed by atoms with Crippen molar-refractivity contribution in [2.45, 2.75) is 45.1 Å². The summed E-state index contributed by atoms with van der Waals surface area (Å²) >= 11 is 0. The van der Waals surface area contributed by atoms with Gasteiger partial charge in [0.25, 0.3) is 0 Å². The summed E-state index contributed by atoms with van der Waals surface area (Å²) in [7, 11) is 0. The molecule has 0 aromatic heterocycles. The number of nitrogens with one attached hydrogen (secondary N) is 3. The van der Waals surface area contributed by atoms with Gasteiger partial charge in [0.1, 0.15) is 6.61 Å². The van der Waals surface area contributed by atoms with Crippen molar-refractivity contribution in [2.75, 3.05) is 23.7 Å². The fourth-order valence-electron chi connectivity index (χ4n) is 3.59. The number of benzene rings is 2. The number of rotatable bonds is 10. The smallest absolute Gasteiger partial charge is 0.407 e. The second-order valence-corrected chi connectivity index (χ2v) is 7.75. The van der Waals surface area contributed by atoms with Crippen molar-refractivity contribution < 1.29 is 14.3 Å². The lowest BCUT2D eigenvalue weighted by Gasteiger charge is -2.12. The number of alkyl carbamates (subject to hydrolysis) is 1. The Kier molecular flexibility index (Phi) is 8.57. The fourth-order valence-corrected chi connectivity index (χ4v) is 3.59. The van der Waals surface area contributed by atoms with Crippen LogP contribution in [0.25, 0.3) is 0 Å². The zero-order valence-electron chi connectivity index (χ0n) is 17.4. The molecule has 0 aliphatic heterocycles. The first-order valence-corrected chi connectivity index (χ1v) is 10.8. The number of ether oxygens (including phenoxy) is 1. The fraction of sp³-hybridized carbons (Fsp3) is 0.417. The van der Waals surface area contributed by atoms with Crippen LogP contribution < -0.4 is 16.0 Å². The summed E-state index contributed by atoms with van der Waals surface area (Å²) in [5.74, 6) is 0.717. The molecule has 0 radical (unpaired) electrons. The molecule has 1 fully saturated rings. The van der Waals surface area contributed by atoms with Gasteiger partial charge in [-0.05, 0) is 55.0 Å². The quantitative estimate of drug-likeness (QED) is 0.486. The van der Waals surface area contributed by atoms with E-state index in [0.717, 1.165) is 29.4 Å². The zero-order valence-corrected chi connectivity index (χ0v) is 17.4. The molecule has 160 valence electrons. The highest BCUT2D eigenvalue weighted by Crippen LogP contribution is 2.25. The summed E-state index contributed by atoms with van der Waals surface area (Å²) < 4.78 is 5.14. The van der Waals surface area contributed by atoms with E-state index in [9.17, 15) is 9.59 Å². The minimum Gasteiger partial charge on any atom is -0.445 e. The van der Waals surface area contributed by atoms with Gasteiger partial charge in [0.05, 0.1) is 0 Å². The van der Waals surface area contributed by atoms with E-state index in [2.05, 4.69) is 16.0 Å². The standard InChI is InChI=1S/C24H31N3O3/c28-23(11-6-16-25-24(29)30-18-20-9-2-1-3-10-20)27-22-14-12-21(13-15-22)26-17-19-7-4-5-8-19/h1-3,9-10,12-15,19,26H,4-8,11,16-18H2,(H,25,29)(H,27,28). The first kappa shape index (κ1) is 21.7. The average Bonchev–Trinajstić information content (AvgIpc) is 3.29. The van der Waals surface area contributed by atoms with Gasteiger partial charge in [0.2, 0.25) is 5.91 Å². The third kappa shape index (κ3) is 7.78. The molecular weight excluding hydrogens is 378 g/mol. The number of carbonyl (C=O) groups excluding carboxylic acids is 2. The molecule has 0 spiro atoms. The number of hydrogen-bond donors (Lipinski definition) is 3. The van der Waals surface area contributed by atoms with Crippen LogP contribution in [0.15, 0.2) is 54.6 Å². The first-order valence-electron chi connectivity index (χ1n) is 10.8. The Balaban J connectivity index is 1.26. The SMILES string of the molecule is O=C(CCCNC(=O)OCc1ccccc1)Nc1ccc(NCC2CCCC2)cc1. The summed E-state index contributed by atoms with van der Waals surface area (Å²) in [6, 6.07) is 17.3. The minimum absolute atomic E-state index is 0.0684. The van der Waals surface area contributed by atoms with Gasteiger partial charge in [0, 0.05) is 30.9 Å². The van der Waals surface area contributed by atoms with E-state index in [4.69, 9.17) is 4.74 Å². The Morgan fingerprint density at radius 3 is 2.37 bits per heavy atom. The summed E-state index contributed by atoms with van der Waals surface area (Å²) in [6.45, 7) is 1.65. The number of carbonyl (C=O) groups is 2. The number of amides is 2. The van der Waals surface area contributed by atoms with Gasteiger partial charge >= 0.3 is 6.09 Å². The average molecular weight is 410 g/mol. The lowest BCUT2D eigenvalue weighted by Crippen LogP contribution is -2.26. The Morgan fingerprint density at radius 1 is 0.933 bits per heavy atom. The van der Waals surface area contributed by atoms with Crippen LogP contribution in [0.2, 0.25) is 0 Å². The van der Waals surface area contributed by atoms with E-state index in [1.54, 1.807) is 0 Å². The number of hydrogen-bond acceptors (Lipinski definition) is 4. The van der Waals surface area contributed by atoms with Crippen LogP contribution in [0.5, 0.6) is 0 Å². The van der Waals surface area contributed by atoms with E-state index >= 15 is 0 Å². The second kappa shape index (κ2) is 11.9. The van der Waals surface area contributed by atoms with Gasteiger partial charge in [-0.3, -0.25) is 4.79 Å². The Morgan fingerprint density at radius 2 is 1.63 bits per heavy atom. The molecule has 0 bridgehead atoms. The van der Waals surface area contributed by atoms with Gasteiger partial charge < -0.3 is 20.7 Å². The van der Waals surface area contributed by atoms with Crippen LogP contribution in [0.3, 0.4) is 0 Å². The van der Waals surface area contributed by atoms with Crippen molar-refractivity contribution in [1.82, 2.24) is 5.32 Å². The van der Waals surface area contributed by atoms with Crippen molar-refractivity contribution in [2.24, 2.45) is 5.92 Å². The molecule has 1 aliphatic carbocycles. The third-order valence-corrected chi connectivity index (χ3v) is 5.30. The van der Waals surface area contributed by atoms with E-state index in [-0.39, 0.29) is 12.5 Å². The zero-order chi connectivity index (χ0) is 21.0. The summed E-state index contributed by atoms with van der Waals surface area (Å²) in [4.78, 5) is 23.8. The molecule has 0 saturated heterocycles. The summed E-state index contributed by atoms with van der Waals surface area (Å²) in [6.07, 6.45) is 5.75. The number of anilines is 2. The van der Waals surface area contributed by atoms with Gasteiger partial charge in [0.15, 0.2) is 0 Å². The predicted octanol–water partition coefficient (Wildman–Crippen LogP) is 4.93. The van der Waals surface area contributed by atoms with Gasteiger partial charge in [-0.1, -0.05) is 43.2 Å². The normalized spacial score (nSPS) is 13.6. The Hall–Kier alpha value is -3.02. The van der Waals surface area contributed by atoms with E-state index in [1.165, 1.54) is 25.7 Å². The lowest BCUT2D eigenvalue weighted by molar-refractivity contribution is -0.116. The Labute approximate surface area is 178 Å². The molecule has 1 aliphatic rings. The molecule has 3 N–H and O–H groups in total. The predicted molar refractivity (Wildman–Crippen MR) is 119 cm³/mol. The second-order valence-electron chi connectivity index (χ2n) is 7.75. The van der Waals surface area contributed by atoms with Gasteiger partial charge in [-0.25, -0.2) is 4.79 Å². The van der Waals surface area contributed by atoms with Crippen molar-refractivity contribution in [3.8, 4) is 0 Å². The van der Waals surface area contributed by atoms with Crippen molar-refractivity contribution in [3.63, 3.8) is 0 Å². The molecule has 0 atom stereocenters. The van der Waals surface area contributed by atoms with E-state index in [1.807, 2.05) is 54.6 Å². The highest BCUT2D eigenvalue weighted by atomic mass is 16.5. The molecule has 2 aromatic rings. The van der Waals surface area contributed by atoms with Crippen molar-refractivity contribution in [1.29, 1.82) is 0 Å². The monoisotopic (exact) mass is 409 g/mol. The molecule has 2 aromatic carbocycles. The molecular formula is C24H31N3O3. The minimum atomic E-state index is -0.472. The van der Waals surface area contributed by atoms with Crippen LogP contribution in [0.1, 0.15) is 44.1 Å². The largest absolute Gasteiger partial charge is 0.445 e. The van der Waals surface area contributed by atoms with Crippen LogP contribution in [-0.2, 0) is 16.1 Å². The molecule has 2 amide bonds. The first-order chi connectivity index (χ1) is 14.7. The third-order valence-electron chi connectivity index (χ3n) is 5.30. The molecule has 6 heteroatoms. The molecule has 6 nitrogen and oxygen atoms in total. The lowest BCUT2D eigenvalue weighted by atomic mass is 10.1. The summed E-state index contributed by atoms with van der Waals surface area (Å²) in [5, 5.41) is 9.03. The molecule has 30 heavy (non-hydrogen) atoms. The van der Waals surface area contributed by atoms with Crippen LogP contribution in [0, 0.1) is 5.92 Å². The van der Waals surface area contributed by atoms with Crippen LogP contribution in [-0.4, -0.2) is 25.1 Å². The molecule has 0 heterocycles. The Bertz CT molecular complexity index is 787. The van der Waals surface area contributed by atoms with E-state index < -0.39 is 6.09 Å². The van der Waals surface area contributed by atoms with Gasteiger partial charge in [-0.2, -0.15) is 0 Å². The van der Waals surface area contributed by atoms with Crippen LogP contribution >= 0.6 is 0 Å².